The van der Waals surface area contributed by atoms with Gasteiger partial charge in [-0.2, -0.15) is 0 Å². The number of nitrogens with two attached hydrogens (primary N) is 1. The van der Waals surface area contributed by atoms with Crippen molar-refractivity contribution in [3.8, 4) is 0 Å². The van der Waals surface area contributed by atoms with Gasteiger partial charge < -0.3 is 25.7 Å². The number of β-lactam (4-membered cyclic amide) rings is 1. The number of amides is 3. The molecule has 2 atom stereocenters. The van der Waals surface area contributed by atoms with Crippen molar-refractivity contribution in [2.45, 2.75) is 11.4 Å². The molecule has 1 aromatic heterocycles. The van der Waals surface area contributed by atoms with Gasteiger partial charge in [0.2, 0.25) is 0 Å². The minimum atomic E-state index is -1.35. The number of hydrogen-bond donors (Lipinski definition) is 3. The van der Waals surface area contributed by atoms with Crippen molar-refractivity contribution in [3.05, 3.63) is 27.9 Å². The second-order valence-corrected chi connectivity index (χ2v) is 7.55. The second-order valence-electron chi connectivity index (χ2n) is 5.72. The second kappa shape index (κ2) is 8.48. The molecule has 2 aliphatic heterocycles. The Morgan fingerprint density at radius 1 is 1.48 bits per heavy atom. The van der Waals surface area contributed by atoms with Crippen LogP contribution < -0.4 is 11.1 Å². The van der Waals surface area contributed by atoms with Crippen molar-refractivity contribution >= 4 is 52.7 Å². The first kappa shape index (κ1) is 20.6. The Hall–Kier alpha value is -3.13. The van der Waals surface area contributed by atoms with Gasteiger partial charge in [0, 0.05) is 16.7 Å². The molecule has 0 aliphatic carbocycles. The van der Waals surface area contributed by atoms with Crippen molar-refractivity contribution in [1.82, 2.24) is 15.2 Å². The normalized spacial score (nSPS) is 21.2. The molecule has 0 spiro atoms. The Morgan fingerprint density at radius 2 is 2.24 bits per heavy atom. The molecule has 29 heavy (non-hydrogen) atoms. The van der Waals surface area contributed by atoms with E-state index in [1.165, 1.54) is 35.7 Å². The minimum Gasteiger partial charge on any atom is -0.477 e. The Balaban J connectivity index is 1.77. The average Bonchev–Trinajstić information content (AvgIpc) is 3.21. The van der Waals surface area contributed by atoms with E-state index in [9.17, 15) is 24.3 Å². The highest BCUT2D eigenvalue weighted by molar-refractivity contribution is 8.00. The van der Waals surface area contributed by atoms with Gasteiger partial charge in [-0.15, -0.1) is 23.1 Å². The molecule has 154 valence electrons. The van der Waals surface area contributed by atoms with E-state index in [0.717, 1.165) is 4.90 Å². The summed E-state index contributed by atoms with van der Waals surface area (Å²) in [6.45, 7) is -0.341. The van der Waals surface area contributed by atoms with E-state index in [1.54, 1.807) is 5.38 Å². The molecule has 0 aromatic carbocycles. The molecule has 0 bridgehead atoms. The fourth-order valence-corrected chi connectivity index (χ4v) is 4.65. The predicted molar refractivity (Wildman–Crippen MR) is 101 cm³/mol. The summed E-state index contributed by atoms with van der Waals surface area (Å²) in [5.74, 6) is -2.46. The van der Waals surface area contributed by atoms with Crippen molar-refractivity contribution in [1.29, 1.82) is 0 Å². The number of thioether (sulfide) groups is 1. The van der Waals surface area contributed by atoms with E-state index in [2.05, 4.69) is 25.0 Å². The smallest absolute Gasteiger partial charge is 0.404 e. The highest BCUT2D eigenvalue weighted by atomic mass is 32.2. The lowest BCUT2D eigenvalue weighted by molar-refractivity contribution is -0.150. The Bertz CT molecular complexity index is 914. The van der Waals surface area contributed by atoms with Crippen LogP contribution in [0, 0.1) is 0 Å². The third-order valence-electron chi connectivity index (χ3n) is 4.00. The lowest BCUT2D eigenvalue weighted by Crippen LogP contribution is -2.71. The average molecular weight is 441 g/mol. The monoisotopic (exact) mass is 441 g/mol. The number of hydrogen-bond acceptors (Lipinski definition) is 10. The van der Waals surface area contributed by atoms with Crippen molar-refractivity contribution in [3.63, 3.8) is 0 Å². The molecule has 1 fully saturated rings. The van der Waals surface area contributed by atoms with Gasteiger partial charge >= 0.3 is 12.1 Å². The lowest BCUT2D eigenvalue weighted by atomic mass is 10.0. The van der Waals surface area contributed by atoms with Gasteiger partial charge in [-0.05, 0) is 0 Å². The van der Waals surface area contributed by atoms with Gasteiger partial charge in [-0.25, -0.2) is 14.6 Å². The number of primary amides is 1. The molecule has 0 saturated carbocycles. The van der Waals surface area contributed by atoms with E-state index >= 15 is 0 Å². The van der Waals surface area contributed by atoms with Crippen LogP contribution in [0.15, 0.2) is 27.3 Å². The molecule has 14 heteroatoms. The number of carboxylic acids is 1. The maximum atomic E-state index is 12.6. The molecule has 3 amide bonds. The Labute approximate surface area is 171 Å². The number of carboxylic acid groups (broad SMARTS) is 1. The fraction of sp³-hybridized carbons (Fsp3) is 0.333. The molecule has 3 rings (SSSR count). The number of thiazole rings is 1. The zero-order valence-electron chi connectivity index (χ0n) is 14.9. The molecular formula is C15H15N5O7S2. The predicted octanol–water partition coefficient (Wildman–Crippen LogP) is -0.672. The summed E-state index contributed by atoms with van der Waals surface area (Å²) in [5.41, 5.74) is 6.56. The summed E-state index contributed by atoms with van der Waals surface area (Å²) in [5, 5.41) is 16.7. The first-order valence-electron chi connectivity index (χ1n) is 7.98. The van der Waals surface area contributed by atoms with Crippen molar-refractivity contribution in [2.75, 3.05) is 19.5 Å². The van der Waals surface area contributed by atoms with Gasteiger partial charge in [0.1, 0.15) is 36.5 Å². The van der Waals surface area contributed by atoms with Crippen LogP contribution in [0.25, 0.3) is 0 Å². The fourth-order valence-electron chi connectivity index (χ4n) is 2.79. The topological polar surface area (TPSA) is 174 Å². The molecule has 2 aliphatic rings. The van der Waals surface area contributed by atoms with E-state index in [0.29, 0.717) is 0 Å². The van der Waals surface area contributed by atoms with Crippen molar-refractivity contribution in [2.24, 2.45) is 10.9 Å². The number of nitrogens with zero attached hydrogens (tertiary/aromatic N) is 3. The largest absolute Gasteiger partial charge is 0.477 e. The van der Waals surface area contributed by atoms with Crippen LogP contribution in [0.3, 0.4) is 0 Å². The summed E-state index contributed by atoms with van der Waals surface area (Å²) < 4.78 is 4.66. The number of oxime groups is 1. The number of aliphatic carboxylic acids is 1. The highest BCUT2D eigenvalue weighted by Crippen LogP contribution is 2.40. The van der Waals surface area contributed by atoms with Crippen LogP contribution in [0.5, 0.6) is 0 Å². The lowest BCUT2D eigenvalue weighted by Gasteiger charge is -2.49. The number of aromatic nitrogens is 1. The van der Waals surface area contributed by atoms with Gasteiger partial charge in [0.25, 0.3) is 11.8 Å². The SMILES string of the molecule is CO/N=C(\C(=O)NC1C(=O)N2C(C(=O)O)=C(COC(N)=O)CS[C@H]12)c1cscn1. The Kier molecular flexibility index (Phi) is 6.03. The summed E-state index contributed by atoms with van der Waals surface area (Å²) in [6.07, 6.45) is -1.05. The van der Waals surface area contributed by atoms with Gasteiger partial charge in [0.05, 0.1) is 5.51 Å². The number of carbonyl (C=O) groups excluding carboxylic acids is 3. The molecule has 12 nitrogen and oxygen atoms in total. The molecule has 1 saturated heterocycles. The van der Waals surface area contributed by atoms with E-state index in [-0.39, 0.29) is 35.0 Å². The summed E-state index contributed by atoms with van der Waals surface area (Å²) in [7, 11) is 1.27. The van der Waals surface area contributed by atoms with Crippen LogP contribution >= 0.6 is 23.1 Å². The van der Waals surface area contributed by atoms with Gasteiger partial charge in [-0.1, -0.05) is 5.16 Å². The third-order valence-corrected chi connectivity index (χ3v) is 5.92. The van der Waals surface area contributed by atoms with Gasteiger partial charge in [-0.3, -0.25) is 14.5 Å². The zero-order valence-corrected chi connectivity index (χ0v) is 16.5. The Morgan fingerprint density at radius 3 is 2.83 bits per heavy atom. The number of nitrogens with one attached hydrogen (secondary N) is 1. The summed E-state index contributed by atoms with van der Waals surface area (Å²) >= 11 is 2.48. The summed E-state index contributed by atoms with van der Waals surface area (Å²) in [6, 6.07) is -0.957. The highest BCUT2D eigenvalue weighted by Gasteiger charge is 2.54. The molecule has 4 N–H and O–H groups in total. The number of rotatable bonds is 7. The van der Waals surface area contributed by atoms with Gasteiger partial charge in [0.15, 0.2) is 5.71 Å². The van der Waals surface area contributed by atoms with E-state index < -0.39 is 35.3 Å². The molecular weight excluding hydrogens is 426 g/mol. The minimum absolute atomic E-state index is 0.106. The molecule has 1 unspecified atom stereocenters. The number of carbonyl (C=O) groups is 4. The maximum absolute atomic E-state index is 12.6. The van der Waals surface area contributed by atoms with E-state index in [1.807, 2.05) is 0 Å². The maximum Gasteiger partial charge on any atom is 0.404 e. The molecule has 1 aromatic rings. The standard InChI is InChI=1S/C15H15N5O7S2/c1-26-19-8(7-4-28-5-17-7)11(21)18-9-12(22)20-10(14(23)24)6(2-27-15(16)25)3-29-13(9)20/h4-5,9,13H,2-3H2,1H3,(H2,16,25)(H,18,21)(H,23,24)/b19-8-/t9?,13-/m1/s1. The van der Waals surface area contributed by atoms with E-state index in [4.69, 9.17) is 5.73 Å². The van der Waals surface area contributed by atoms with Crippen LogP contribution in [0.2, 0.25) is 0 Å². The molecule has 0 radical (unpaired) electrons. The quantitative estimate of drug-likeness (QED) is 0.281. The first-order valence-corrected chi connectivity index (χ1v) is 9.97. The first-order chi connectivity index (χ1) is 13.8. The zero-order chi connectivity index (χ0) is 21.1. The van der Waals surface area contributed by atoms with Crippen LogP contribution in [0.4, 0.5) is 4.79 Å². The molecule has 3 heterocycles. The number of fused-ring (bicyclic) bond motifs is 1. The summed E-state index contributed by atoms with van der Waals surface area (Å²) in [4.78, 5) is 57.3. The van der Waals surface area contributed by atoms with Crippen molar-refractivity contribution < 1.29 is 33.9 Å². The van der Waals surface area contributed by atoms with Crippen LogP contribution in [-0.4, -0.2) is 75.5 Å². The number of ether oxygens (including phenoxy) is 1. The van der Waals surface area contributed by atoms with Crippen LogP contribution in [-0.2, 0) is 24.0 Å². The van der Waals surface area contributed by atoms with Crippen LogP contribution in [0.1, 0.15) is 5.69 Å². The third kappa shape index (κ3) is 4.02.